The lowest BCUT2D eigenvalue weighted by atomic mass is 10.2. The first-order valence-corrected chi connectivity index (χ1v) is 6.54. The molecule has 0 aliphatic carbocycles. The zero-order chi connectivity index (χ0) is 14.7. The highest BCUT2D eigenvalue weighted by Gasteiger charge is 2.12. The van der Waals surface area contributed by atoms with E-state index in [4.69, 9.17) is 16.3 Å². The fourth-order valence-electron chi connectivity index (χ4n) is 1.82. The molecule has 5 nitrogen and oxygen atoms in total. The summed E-state index contributed by atoms with van der Waals surface area (Å²) in [6, 6.07) is 14.5. The van der Waals surface area contributed by atoms with E-state index in [-0.39, 0.29) is 11.8 Å². The van der Waals surface area contributed by atoms with Crippen LogP contribution >= 0.6 is 11.6 Å². The van der Waals surface area contributed by atoms with E-state index in [1.165, 1.54) is 6.33 Å². The maximum Gasteiger partial charge on any atom is 0.341 e. The number of aromatic nitrogens is 3. The van der Waals surface area contributed by atoms with Crippen LogP contribution in [0, 0.1) is 0 Å². The Bertz CT molecular complexity index is 772. The van der Waals surface area contributed by atoms with Crippen molar-refractivity contribution in [2.24, 2.45) is 0 Å². The van der Waals surface area contributed by atoms with Gasteiger partial charge in [-0.15, -0.1) is 5.10 Å². The smallest absolute Gasteiger partial charge is 0.341 e. The van der Waals surface area contributed by atoms with Crippen molar-refractivity contribution >= 4 is 17.9 Å². The second kappa shape index (κ2) is 5.76. The normalized spacial score (nSPS) is 10.3. The largest absolute Gasteiger partial charge is 0.421 e. The molecule has 0 saturated heterocycles. The van der Waals surface area contributed by atoms with Crippen LogP contribution in [-0.2, 0) is 0 Å². The Balaban J connectivity index is 1.91. The average molecular weight is 300 g/mol. The van der Waals surface area contributed by atoms with Gasteiger partial charge >= 0.3 is 6.01 Å². The van der Waals surface area contributed by atoms with Gasteiger partial charge in [-0.05, 0) is 24.3 Å². The highest BCUT2D eigenvalue weighted by atomic mass is 35.5. The fraction of sp³-hybridized carbons (Fsp3) is 0. The Kier molecular flexibility index (Phi) is 3.66. The molecular formula is C15H10ClN3O2. The van der Waals surface area contributed by atoms with Crippen LogP contribution < -0.4 is 4.74 Å². The molecule has 0 saturated carbocycles. The predicted molar refractivity (Wildman–Crippen MR) is 78.3 cm³/mol. The molecular weight excluding hydrogens is 290 g/mol. The lowest BCUT2D eigenvalue weighted by Crippen LogP contribution is -1.96. The van der Waals surface area contributed by atoms with Crippen molar-refractivity contribution in [1.82, 2.24) is 14.8 Å². The first-order chi connectivity index (χ1) is 10.3. The maximum absolute atomic E-state index is 11.0. The number of benzene rings is 2. The summed E-state index contributed by atoms with van der Waals surface area (Å²) in [6.07, 6.45) is 2.21. The molecule has 0 aliphatic heterocycles. The van der Waals surface area contributed by atoms with Gasteiger partial charge in [0.15, 0.2) is 12.0 Å². The van der Waals surface area contributed by atoms with Crippen LogP contribution in [0.2, 0.25) is 5.02 Å². The molecule has 0 unspecified atom stereocenters. The van der Waals surface area contributed by atoms with E-state index in [1.54, 1.807) is 22.9 Å². The Hall–Kier alpha value is -2.66. The number of aldehydes is 1. The molecule has 2 aromatic carbocycles. The molecule has 104 valence electrons. The Labute approximate surface area is 125 Å². The summed E-state index contributed by atoms with van der Waals surface area (Å²) < 4.78 is 7.10. The van der Waals surface area contributed by atoms with Gasteiger partial charge in [0.05, 0.1) is 16.3 Å². The van der Waals surface area contributed by atoms with Crippen LogP contribution in [0.1, 0.15) is 10.4 Å². The van der Waals surface area contributed by atoms with Gasteiger partial charge < -0.3 is 4.74 Å². The van der Waals surface area contributed by atoms with E-state index in [9.17, 15) is 4.79 Å². The van der Waals surface area contributed by atoms with Crippen molar-refractivity contribution in [3.05, 3.63) is 65.4 Å². The van der Waals surface area contributed by atoms with Crippen LogP contribution in [0.15, 0.2) is 54.9 Å². The number of hydrogen-bond donors (Lipinski definition) is 0. The summed E-state index contributed by atoms with van der Waals surface area (Å²) in [7, 11) is 0. The number of halogens is 1. The molecule has 0 bridgehead atoms. The molecule has 3 aromatic rings. The van der Waals surface area contributed by atoms with Crippen LogP contribution in [0.25, 0.3) is 5.69 Å². The Morgan fingerprint density at radius 3 is 2.67 bits per heavy atom. The fourth-order valence-corrected chi connectivity index (χ4v) is 2.04. The van der Waals surface area contributed by atoms with E-state index in [0.717, 1.165) is 5.69 Å². The number of para-hydroxylation sites is 2. The van der Waals surface area contributed by atoms with Gasteiger partial charge in [0, 0.05) is 0 Å². The van der Waals surface area contributed by atoms with Gasteiger partial charge in [-0.25, -0.2) is 4.68 Å². The molecule has 1 heterocycles. The van der Waals surface area contributed by atoms with Crippen molar-refractivity contribution in [3.8, 4) is 17.4 Å². The highest BCUT2D eigenvalue weighted by molar-refractivity contribution is 6.32. The molecule has 21 heavy (non-hydrogen) atoms. The van der Waals surface area contributed by atoms with Gasteiger partial charge in [0.1, 0.15) is 6.33 Å². The zero-order valence-corrected chi connectivity index (χ0v) is 11.6. The number of carbonyl (C=O) groups excluding carboxylic acids is 1. The molecule has 0 amide bonds. The number of hydrogen-bond acceptors (Lipinski definition) is 4. The SMILES string of the molecule is O=Cc1cccc(Cl)c1Oc1ncn(-c2ccccc2)n1. The highest BCUT2D eigenvalue weighted by Crippen LogP contribution is 2.30. The van der Waals surface area contributed by atoms with E-state index in [0.29, 0.717) is 16.9 Å². The second-order valence-corrected chi connectivity index (χ2v) is 4.59. The topological polar surface area (TPSA) is 57.0 Å². The number of rotatable bonds is 4. The van der Waals surface area contributed by atoms with Gasteiger partial charge in [-0.1, -0.05) is 35.9 Å². The molecule has 1 aromatic heterocycles. The summed E-state index contributed by atoms with van der Waals surface area (Å²) >= 11 is 6.04. The third-order valence-corrected chi connectivity index (χ3v) is 3.11. The summed E-state index contributed by atoms with van der Waals surface area (Å²) in [5.41, 5.74) is 1.20. The third-order valence-electron chi connectivity index (χ3n) is 2.81. The van der Waals surface area contributed by atoms with Crippen LogP contribution in [0.5, 0.6) is 11.8 Å². The van der Waals surface area contributed by atoms with Gasteiger partial charge in [-0.3, -0.25) is 4.79 Å². The van der Waals surface area contributed by atoms with Crippen molar-refractivity contribution in [1.29, 1.82) is 0 Å². The van der Waals surface area contributed by atoms with E-state index in [1.807, 2.05) is 30.3 Å². The van der Waals surface area contributed by atoms with E-state index >= 15 is 0 Å². The number of nitrogens with zero attached hydrogens (tertiary/aromatic N) is 3. The predicted octanol–water partition coefficient (Wildman–Crippen LogP) is 3.53. The summed E-state index contributed by atoms with van der Waals surface area (Å²) in [5.74, 6) is 0.250. The van der Waals surface area contributed by atoms with E-state index < -0.39 is 0 Å². The third kappa shape index (κ3) is 2.78. The minimum Gasteiger partial charge on any atom is -0.421 e. The second-order valence-electron chi connectivity index (χ2n) is 4.19. The van der Waals surface area contributed by atoms with Crippen LogP contribution in [0.4, 0.5) is 0 Å². The van der Waals surface area contributed by atoms with Crippen LogP contribution in [-0.4, -0.2) is 21.1 Å². The molecule has 0 radical (unpaired) electrons. The first kappa shape index (κ1) is 13.3. The van der Waals surface area contributed by atoms with Crippen molar-refractivity contribution < 1.29 is 9.53 Å². The summed E-state index contributed by atoms with van der Waals surface area (Å²) in [5, 5.41) is 4.53. The summed E-state index contributed by atoms with van der Waals surface area (Å²) in [6.45, 7) is 0. The molecule has 3 rings (SSSR count). The molecule has 0 atom stereocenters. The van der Waals surface area contributed by atoms with Gasteiger partial charge in [0.2, 0.25) is 0 Å². The molecule has 0 fully saturated rings. The molecule has 0 N–H and O–H groups in total. The van der Waals surface area contributed by atoms with Gasteiger partial charge in [-0.2, -0.15) is 4.98 Å². The number of ether oxygens (including phenoxy) is 1. The summed E-state index contributed by atoms with van der Waals surface area (Å²) in [4.78, 5) is 15.1. The quantitative estimate of drug-likeness (QED) is 0.692. The van der Waals surface area contributed by atoms with E-state index in [2.05, 4.69) is 10.1 Å². The molecule has 6 heteroatoms. The zero-order valence-electron chi connectivity index (χ0n) is 10.8. The lowest BCUT2D eigenvalue weighted by molar-refractivity contribution is 0.112. The Morgan fingerprint density at radius 2 is 1.90 bits per heavy atom. The van der Waals surface area contributed by atoms with Gasteiger partial charge in [0.25, 0.3) is 0 Å². The lowest BCUT2D eigenvalue weighted by Gasteiger charge is -2.05. The first-order valence-electron chi connectivity index (χ1n) is 6.16. The Morgan fingerprint density at radius 1 is 1.10 bits per heavy atom. The monoisotopic (exact) mass is 299 g/mol. The average Bonchev–Trinajstić information content (AvgIpc) is 2.99. The van der Waals surface area contributed by atoms with Crippen LogP contribution in [0.3, 0.4) is 0 Å². The maximum atomic E-state index is 11.0. The van der Waals surface area contributed by atoms with Crippen molar-refractivity contribution in [2.75, 3.05) is 0 Å². The number of carbonyl (C=O) groups is 1. The molecule has 0 spiro atoms. The van der Waals surface area contributed by atoms with Crippen molar-refractivity contribution in [2.45, 2.75) is 0 Å². The standard InChI is InChI=1S/C15H10ClN3O2/c16-13-8-4-5-11(9-20)14(13)21-15-17-10-19(18-15)12-6-2-1-3-7-12/h1-10H. The minimum absolute atomic E-state index is 0.120. The van der Waals surface area contributed by atoms with Crippen molar-refractivity contribution in [3.63, 3.8) is 0 Å². The molecule has 0 aliphatic rings. The minimum atomic E-state index is 0.120.